The van der Waals surface area contributed by atoms with Crippen LogP contribution in [0.1, 0.15) is 30.0 Å². The summed E-state index contributed by atoms with van der Waals surface area (Å²) in [5.41, 5.74) is 8.06. The lowest BCUT2D eigenvalue weighted by Crippen LogP contribution is -2.43. The minimum Gasteiger partial charge on any atom is -0.370 e. The third-order valence-corrected chi connectivity index (χ3v) is 3.86. The molecule has 0 bridgehead atoms. The summed E-state index contributed by atoms with van der Waals surface area (Å²) < 4.78 is 5.17. The van der Waals surface area contributed by atoms with Crippen LogP contribution in [0.4, 0.5) is 0 Å². The Balaban J connectivity index is 0.00000200. The van der Waals surface area contributed by atoms with Gasteiger partial charge in [-0.25, -0.2) is 0 Å². The van der Waals surface area contributed by atoms with Gasteiger partial charge >= 0.3 is 0 Å². The maximum atomic E-state index is 12.4. The average Bonchev–Trinajstić information content (AvgIpc) is 2.89. The summed E-state index contributed by atoms with van der Waals surface area (Å²) in [6.07, 6.45) is 1.52. The number of rotatable bonds is 4. The van der Waals surface area contributed by atoms with Gasteiger partial charge in [-0.15, -0.1) is 12.4 Å². The monoisotopic (exact) mass is 298 g/mol. The van der Waals surface area contributed by atoms with E-state index in [1.807, 2.05) is 17.0 Å². The summed E-state index contributed by atoms with van der Waals surface area (Å²) in [7, 11) is 1.54. The molecule has 4 nitrogen and oxygen atoms in total. The second-order valence-corrected chi connectivity index (χ2v) is 5.01. The molecule has 0 spiro atoms. The van der Waals surface area contributed by atoms with Gasteiger partial charge in [0.25, 0.3) is 5.91 Å². The Kier molecular flexibility index (Phi) is 6.46. The third-order valence-electron chi connectivity index (χ3n) is 3.86. The Labute approximate surface area is 126 Å². The van der Waals surface area contributed by atoms with Gasteiger partial charge in [0, 0.05) is 20.2 Å². The van der Waals surface area contributed by atoms with E-state index < -0.39 is 6.10 Å². The van der Waals surface area contributed by atoms with Gasteiger partial charge in [0.15, 0.2) is 0 Å². The van der Waals surface area contributed by atoms with Crippen molar-refractivity contribution in [3.8, 4) is 0 Å². The number of nitrogens with zero attached hydrogens (tertiary/aromatic N) is 1. The van der Waals surface area contributed by atoms with E-state index in [-0.39, 0.29) is 30.9 Å². The van der Waals surface area contributed by atoms with E-state index in [4.69, 9.17) is 10.5 Å². The van der Waals surface area contributed by atoms with Gasteiger partial charge in [-0.1, -0.05) is 24.3 Å². The maximum Gasteiger partial charge on any atom is 0.253 e. The molecule has 0 aromatic heterocycles. The summed E-state index contributed by atoms with van der Waals surface area (Å²) in [5.74, 6) is 0.00996. The lowest BCUT2D eigenvalue weighted by molar-refractivity contribution is -0.142. The topological polar surface area (TPSA) is 55.6 Å². The second-order valence-electron chi connectivity index (χ2n) is 5.01. The Hall–Kier alpha value is -1.10. The lowest BCUT2D eigenvalue weighted by Gasteiger charge is -2.29. The molecule has 5 heteroatoms. The summed E-state index contributed by atoms with van der Waals surface area (Å²) in [5, 5.41) is 0. The molecule has 1 aliphatic heterocycles. The molecule has 2 atom stereocenters. The predicted octanol–water partition coefficient (Wildman–Crippen LogP) is 2.05. The normalized spacial score (nSPS) is 19.6. The van der Waals surface area contributed by atoms with Crippen molar-refractivity contribution in [3.05, 3.63) is 35.4 Å². The fraction of sp³-hybridized carbons (Fsp3) is 0.533. The molecule has 1 aliphatic rings. The summed E-state index contributed by atoms with van der Waals surface area (Å²) in [6.45, 7) is 3.11. The molecule has 1 saturated heterocycles. The van der Waals surface area contributed by atoms with Gasteiger partial charge in [-0.05, 0) is 30.9 Å². The number of carbonyl (C=O) groups excluding carboxylic acids is 1. The molecule has 2 N–H and O–H groups in total. The standard InChI is InChI=1S/C15H22N2O2.ClH/c1-11-6-3-4-7-12(11)13-8-5-9-17(13)15(18)14(10-16)19-2;/h3-4,6-7,13-14H,5,8-10,16H2,1-2H3;1H. The van der Waals surface area contributed by atoms with E-state index in [0.29, 0.717) is 0 Å². The molecule has 1 aromatic carbocycles. The molecule has 112 valence electrons. The van der Waals surface area contributed by atoms with Crippen LogP contribution in [0.25, 0.3) is 0 Å². The smallest absolute Gasteiger partial charge is 0.253 e. The highest BCUT2D eigenvalue weighted by molar-refractivity contribution is 5.85. The van der Waals surface area contributed by atoms with Crippen molar-refractivity contribution in [1.29, 1.82) is 0 Å². The van der Waals surface area contributed by atoms with Crippen molar-refractivity contribution in [2.24, 2.45) is 5.73 Å². The summed E-state index contributed by atoms with van der Waals surface area (Å²) in [4.78, 5) is 14.3. The number of ether oxygens (including phenoxy) is 1. The zero-order valence-corrected chi connectivity index (χ0v) is 12.9. The van der Waals surface area contributed by atoms with Gasteiger partial charge in [0.1, 0.15) is 6.10 Å². The SMILES string of the molecule is COC(CN)C(=O)N1CCCC1c1ccccc1C.Cl. The van der Waals surface area contributed by atoms with Crippen LogP contribution >= 0.6 is 12.4 Å². The van der Waals surface area contributed by atoms with E-state index in [1.54, 1.807) is 0 Å². The minimum atomic E-state index is -0.524. The van der Waals surface area contributed by atoms with Crippen LogP contribution in [0.5, 0.6) is 0 Å². The Morgan fingerprint density at radius 1 is 1.50 bits per heavy atom. The van der Waals surface area contributed by atoms with Crippen molar-refractivity contribution >= 4 is 18.3 Å². The molecule has 0 aliphatic carbocycles. The first-order chi connectivity index (χ1) is 9.19. The largest absolute Gasteiger partial charge is 0.370 e. The molecule has 0 radical (unpaired) electrons. The molecule has 1 aromatic rings. The van der Waals surface area contributed by atoms with E-state index in [0.717, 1.165) is 19.4 Å². The molecule has 2 rings (SSSR count). The van der Waals surface area contributed by atoms with Gasteiger partial charge in [-0.3, -0.25) is 4.79 Å². The van der Waals surface area contributed by atoms with E-state index in [1.165, 1.54) is 18.2 Å². The van der Waals surface area contributed by atoms with Crippen molar-refractivity contribution in [1.82, 2.24) is 4.90 Å². The van der Waals surface area contributed by atoms with Gasteiger partial charge in [-0.2, -0.15) is 0 Å². The van der Waals surface area contributed by atoms with Crippen LogP contribution < -0.4 is 5.73 Å². The number of nitrogens with two attached hydrogens (primary N) is 1. The molecular formula is C15H23ClN2O2. The fourth-order valence-electron chi connectivity index (χ4n) is 2.80. The molecule has 0 saturated carbocycles. The highest BCUT2D eigenvalue weighted by atomic mass is 35.5. The number of benzene rings is 1. The molecular weight excluding hydrogens is 276 g/mol. The number of likely N-dealkylation sites (tertiary alicyclic amines) is 1. The molecule has 20 heavy (non-hydrogen) atoms. The van der Waals surface area contributed by atoms with Crippen LogP contribution in [0.15, 0.2) is 24.3 Å². The maximum absolute atomic E-state index is 12.4. The number of methoxy groups -OCH3 is 1. The highest BCUT2D eigenvalue weighted by Gasteiger charge is 2.33. The first-order valence-electron chi connectivity index (χ1n) is 6.78. The molecule has 1 fully saturated rings. The van der Waals surface area contributed by atoms with E-state index >= 15 is 0 Å². The average molecular weight is 299 g/mol. The number of carbonyl (C=O) groups is 1. The number of hydrogen-bond donors (Lipinski definition) is 1. The first kappa shape index (κ1) is 17.0. The molecule has 1 amide bonds. The summed E-state index contributed by atoms with van der Waals surface area (Å²) in [6, 6.07) is 8.42. The minimum absolute atomic E-state index is 0. The number of halogens is 1. The zero-order chi connectivity index (χ0) is 13.8. The quantitative estimate of drug-likeness (QED) is 0.925. The predicted molar refractivity (Wildman–Crippen MR) is 82.0 cm³/mol. The van der Waals surface area contributed by atoms with Crippen LogP contribution in [-0.2, 0) is 9.53 Å². The Bertz CT molecular complexity index is 449. The first-order valence-corrected chi connectivity index (χ1v) is 6.78. The zero-order valence-electron chi connectivity index (χ0n) is 12.0. The van der Waals surface area contributed by atoms with Crippen molar-refractivity contribution in [2.45, 2.75) is 31.9 Å². The van der Waals surface area contributed by atoms with Crippen LogP contribution in [0.3, 0.4) is 0 Å². The van der Waals surface area contributed by atoms with Crippen molar-refractivity contribution < 1.29 is 9.53 Å². The van der Waals surface area contributed by atoms with Gasteiger partial charge in [0.05, 0.1) is 6.04 Å². The fourth-order valence-corrected chi connectivity index (χ4v) is 2.80. The van der Waals surface area contributed by atoms with Crippen LogP contribution in [-0.4, -0.2) is 37.1 Å². The number of hydrogen-bond acceptors (Lipinski definition) is 3. The van der Waals surface area contributed by atoms with Crippen LogP contribution in [0, 0.1) is 6.92 Å². The number of aryl methyl sites for hydroxylation is 1. The van der Waals surface area contributed by atoms with Gasteiger partial charge in [0.2, 0.25) is 0 Å². The van der Waals surface area contributed by atoms with Crippen molar-refractivity contribution in [3.63, 3.8) is 0 Å². The Morgan fingerprint density at radius 2 is 2.20 bits per heavy atom. The Morgan fingerprint density at radius 3 is 2.80 bits per heavy atom. The molecule has 1 heterocycles. The van der Waals surface area contributed by atoms with E-state index in [9.17, 15) is 4.79 Å². The number of amides is 1. The lowest BCUT2D eigenvalue weighted by atomic mass is 9.99. The second kappa shape index (κ2) is 7.62. The van der Waals surface area contributed by atoms with Gasteiger partial charge < -0.3 is 15.4 Å². The summed E-state index contributed by atoms with van der Waals surface area (Å²) >= 11 is 0. The third kappa shape index (κ3) is 3.32. The van der Waals surface area contributed by atoms with E-state index in [2.05, 4.69) is 19.1 Å². The molecule has 2 unspecified atom stereocenters. The van der Waals surface area contributed by atoms with Crippen LogP contribution in [0.2, 0.25) is 0 Å². The highest BCUT2D eigenvalue weighted by Crippen LogP contribution is 2.34. The van der Waals surface area contributed by atoms with Crippen molar-refractivity contribution in [2.75, 3.05) is 20.2 Å².